The smallest absolute Gasteiger partial charge is 0.257 e. The molecular formula is C23H30ClN3O4S. The van der Waals surface area contributed by atoms with E-state index in [1.165, 1.54) is 11.0 Å². The number of amides is 2. The SMILES string of the molecule is CC(C)CC(C(=O)NS(=O)(=O)C=Cc1ccccc1)C(=O)N(c1cccnc1)C(C)C.Cl. The molecule has 1 atom stereocenters. The Morgan fingerprint density at radius 3 is 2.25 bits per heavy atom. The van der Waals surface area contributed by atoms with Gasteiger partial charge in [0.05, 0.1) is 17.3 Å². The number of anilines is 1. The zero-order chi connectivity index (χ0) is 23.0. The Bertz CT molecular complexity index is 1010. The number of benzene rings is 1. The maximum absolute atomic E-state index is 13.4. The van der Waals surface area contributed by atoms with Crippen molar-refractivity contribution in [2.24, 2.45) is 11.8 Å². The molecule has 1 aromatic heterocycles. The van der Waals surface area contributed by atoms with Crippen molar-refractivity contribution in [3.8, 4) is 0 Å². The molecule has 9 heteroatoms. The molecule has 7 nitrogen and oxygen atoms in total. The van der Waals surface area contributed by atoms with Crippen molar-refractivity contribution < 1.29 is 18.0 Å². The van der Waals surface area contributed by atoms with Crippen molar-refractivity contribution in [1.29, 1.82) is 0 Å². The predicted octanol–water partition coefficient (Wildman–Crippen LogP) is 4.02. The number of nitrogens with zero attached hydrogens (tertiary/aromatic N) is 2. The lowest BCUT2D eigenvalue weighted by molar-refractivity contribution is -0.133. The van der Waals surface area contributed by atoms with E-state index in [1.54, 1.807) is 48.8 Å². The van der Waals surface area contributed by atoms with E-state index in [9.17, 15) is 18.0 Å². The van der Waals surface area contributed by atoms with E-state index < -0.39 is 27.8 Å². The molecule has 0 radical (unpaired) electrons. The van der Waals surface area contributed by atoms with Crippen LogP contribution < -0.4 is 9.62 Å². The van der Waals surface area contributed by atoms with Crippen molar-refractivity contribution in [1.82, 2.24) is 9.71 Å². The summed E-state index contributed by atoms with van der Waals surface area (Å²) in [4.78, 5) is 31.8. The van der Waals surface area contributed by atoms with Crippen LogP contribution in [0.2, 0.25) is 0 Å². The molecule has 0 saturated heterocycles. The van der Waals surface area contributed by atoms with Crippen LogP contribution in [0, 0.1) is 11.8 Å². The van der Waals surface area contributed by atoms with E-state index >= 15 is 0 Å². The summed E-state index contributed by atoms with van der Waals surface area (Å²) in [7, 11) is -4.07. The molecule has 1 N–H and O–H groups in total. The van der Waals surface area contributed by atoms with E-state index in [0.717, 1.165) is 5.41 Å². The van der Waals surface area contributed by atoms with Gasteiger partial charge in [-0.05, 0) is 50.0 Å². The second-order valence-electron chi connectivity index (χ2n) is 7.92. The summed E-state index contributed by atoms with van der Waals surface area (Å²) in [6.07, 6.45) is 4.75. The van der Waals surface area contributed by atoms with Crippen LogP contribution >= 0.6 is 12.4 Å². The fourth-order valence-electron chi connectivity index (χ4n) is 3.11. The Balaban J connectivity index is 0.00000512. The molecule has 0 bridgehead atoms. The van der Waals surface area contributed by atoms with Crippen LogP contribution in [-0.2, 0) is 19.6 Å². The van der Waals surface area contributed by atoms with Crippen molar-refractivity contribution in [2.45, 2.75) is 40.2 Å². The van der Waals surface area contributed by atoms with Gasteiger partial charge in [-0.3, -0.25) is 14.6 Å². The molecule has 1 heterocycles. The molecule has 32 heavy (non-hydrogen) atoms. The van der Waals surface area contributed by atoms with Gasteiger partial charge in [-0.1, -0.05) is 44.2 Å². The number of pyridine rings is 1. The minimum atomic E-state index is -4.07. The second-order valence-corrected chi connectivity index (χ2v) is 9.49. The number of sulfonamides is 1. The third-order valence-electron chi connectivity index (χ3n) is 4.48. The lowest BCUT2D eigenvalue weighted by Crippen LogP contribution is -2.48. The van der Waals surface area contributed by atoms with Crippen molar-refractivity contribution in [3.63, 3.8) is 0 Å². The number of carbonyl (C=O) groups excluding carboxylic acids is 2. The molecule has 2 amide bonds. The highest BCUT2D eigenvalue weighted by Gasteiger charge is 2.34. The van der Waals surface area contributed by atoms with Gasteiger partial charge >= 0.3 is 0 Å². The van der Waals surface area contributed by atoms with E-state index in [0.29, 0.717) is 11.3 Å². The quantitative estimate of drug-likeness (QED) is 0.548. The molecule has 0 fully saturated rings. The predicted molar refractivity (Wildman–Crippen MR) is 130 cm³/mol. The zero-order valence-electron chi connectivity index (χ0n) is 18.6. The molecule has 0 aliphatic rings. The first-order valence-corrected chi connectivity index (χ1v) is 11.7. The van der Waals surface area contributed by atoms with Crippen molar-refractivity contribution in [2.75, 3.05) is 4.90 Å². The Kier molecular flexibility index (Phi) is 10.6. The Morgan fingerprint density at radius 2 is 1.72 bits per heavy atom. The molecule has 1 aromatic carbocycles. The summed E-state index contributed by atoms with van der Waals surface area (Å²) in [6.45, 7) is 7.41. The van der Waals surface area contributed by atoms with Crippen LogP contribution in [0.1, 0.15) is 39.7 Å². The summed E-state index contributed by atoms with van der Waals surface area (Å²) < 4.78 is 26.9. The number of hydrogen-bond acceptors (Lipinski definition) is 5. The van der Waals surface area contributed by atoms with Gasteiger partial charge in [0.15, 0.2) is 0 Å². The number of hydrogen-bond donors (Lipinski definition) is 1. The topological polar surface area (TPSA) is 96.4 Å². The highest BCUT2D eigenvalue weighted by atomic mass is 35.5. The standard InChI is InChI=1S/C23H29N3O4S.ClH/c1-17(2)15-21(23(28)26(18(3)4)20-11-8-13-24-16-20)22(27)25-31(29,30)14-12-19-9-6-5-7-10-19;/h5-14,16-18,21H,15H2,1-4H3,(H,25,27);1H. The maximum atomic E-state index is 13.4. The summed E-state index contributed by atoms with van der Waals surface area (Å²) in [5.74, 6) is -2.45. The molecule has 174 valence electrons. The van der Waals surface area contributed by atoms with E-state index in [2.05, 4.69) is 4.98 Å². The Morgan fingerprint density at radius 1 is 1.06 bits per heavy atom. The van der Waals surface area contributed by atoms with Gasteiger partial charge in [-0.25, -0.2) is 13.1 Å². The van der Waals surface area contributed by atoms with Crippen molar-refractivity contribution in [3.05, 3.63) is 65.8 Å². The monoisotopic (exact) mass is 479 g/mol. The lowest BCUT2D eigenvalue weighted by Gasteiger charge is -2.30. The molecule has 0 saturated carbocycles. The van der Waals surface area contributed by atoms with Gasteiger partial charge in [0, 0.05) is 12.2 Å². The Labute approximate surface area is 196 Å². The molecule has 0 aliphatic carbocycles. The third-order valence-corrected chi connectivity index (χ3v) is 5.46. The molecular weight excluding hydrogens is 450 g/mol. The van der Waals surface area contributed by atoms with E-state index in [1.807, 2.05) is 38.5 Å². The lowest BCUT2D eigenvalue weighted by atomic mass is 9.94. The van der Waals surface area contributed by atoms with Crippen LogP contribution in [0.4, 0.5) is 5.69 Å². The number of carbonyl (C=O) groups is 2. The van der Waals surface area contributed by atoms with Crippen LogP contribution in [-0.4, -0.2) is 31.3 Å². The summed E-state index contributed by atoms with van der Waals surface area (Å²) in [5, 5.41) is 0.929. The average molecular weight is 480 g/mol. The first-order chi connectivity index (χ1) is 14.6. The fourth-order valence-corrected chi connectivity index (χ4v) is 3.94. The van der Waals surface area contributed by atoms with E-state index in [4.69, 9.17) is 0 Å². The average Bonchev–Trinajstić information content (AvgIpc) is 2.71. The first kappa shape index (κ1) is 27.3. The molecule has 0 spiro atoms. The largest absolute Gasteiger partial charge is 0.308 e. The van der Waals surface area contributed by atoms with Crippen LogP contribution in [0.25, 0.3) is 6.08 Å². The molecule has 2 rings (SSSR count). The summed E-state index contributed by atoms with van der Waals surface area (Å²) in [5.41, 5.74) is 1.23. The highest BCUT2D eigenvalue weighted by molar-refractivity contribution is 7.93. The fraction of sp³-hybridized carbons (Fsp3) is 0.348. The highest BCUT2D eigenvalue weighted by Crippen LogP contribution is 2.23. The second kappa shape index (κ2) is 12.4. The summed E-state index contributed by atoms with van der Waals surface area (Å²) >= 11 is 0. The van der Waals surface area contributed by atoms with Gasteiger partial charge in [-0.15, -0.1) is 12.4 Å². The third kappa shape index (κ3) is 8.09. The normalized spacial score (nSPS) is 12.4. The van der Waals surface area contributed by atoms with Gasteiger partial charge in [0.1, 0.15) is 5.92 Å². The first-order valence-electron chi connectivity index (χ1n) is 10.1. The van der Waals surface area contributed by atoms with Gasteiger partial charge in [-0.2, -0.15) is 0 Å². The van der Waals surface area contributed by atoms with Gasteiger partial charge < -0.3 is 4.90 Å². The van der Waals surface area contributed by atoms with Crippen molar-refractivity contribution >= 4 is 46.0 Å². The molecule has 0 aliphatic heterocycles. The number of nitrogens with one attached hydrogen (secondary N) is 1. The Hall–Kier alpha value is -2.71. The minimum Gasteiger partial charge on any atom is -0.308 e. The number of rotatable bonds is 9. The van der Waals surface area contributed by atoms with Crippen LogP contribution in [0.3, 0.4) is 0 Å². The molecule has 1 unspecified atom stereocenters. The zero-order valence-corrected chi connectivity index (χ0v) is 20.3. The van der Waals surface area contributed by atoms with Gasteiger partial charge in [0.2, 0.25) is 11.8 Å². The van der Waals surface area contributed by atoms with E-state index in [-0.39, 0.29) is 30.8 Å². The molecule has 2 aromatic rings. The van der Waals surface area contributed by atoms with Crippen LogP contribution in [0.15, 0.2) is 60.3 Å². The van der Waals surface area contributed by atoms with Gasteiger partial charge in [0.25, 0.3) is 10.0 Å². The number of halogens is 1. The minimum absolute atomic E-state index is 0. The number of aromatic nitrogens is 1. The maximum Gasteiger partial charge on any atom is 0.257 e. The summed E-state index contributed by atoms with van der Waals surface area (Å²) in [6, 6.07) is 12.1. The van der Waals surface area contributed by atoms with Crippen LogP contribution in [0.5, 0.6) is 0 Å².